The molecule has 0 aliphatic carbocycles. The first-order chi connectivity index (χ1) is 9.28. The molecule has 2 rings (SSSR count). The van der Waals surface area contributed by atoms with Crippen LogP contribution in [0.15, 0.2) is 15.8 Å². The summed E-state index contributed by atoms with van der Waals surface area (Å²) < 4.78 is 26.6. The summed E-state index contributed by atoms with van der Waals surface area (Å²) >= 11 is 12.1. The fourth-order valence-electron chi connectivity index (χ4n) is 1.34. The molecule has 20 heavy (non-hydrogen) atoms. The van der Waals surface area contributed by atoms with Gasteiger partial charge in [-0.3, -0.25) is 9.48 Å². The van der Waals surface area contributed by atoms with Gasteiger partial charge in [0, 0.05) is 12.4 Å². The second-order valence-corrected chi connectivity index (χ2v) is 7.21. The zero-order valence-electron chi connectivity index (χ0n) is 10.0. The first-order valence-corrected chi connectivity index (χ1v) is 8.25. The minimum atomic E-state index is -4.01. The predicted molar refractivity (Wildman–Crippen MR) is 74.4 cm³/mol. The SMILES string of the molecule is Cn1nc(CC(=O)NS(=O)(=O)c2nc(Cl)cs2)cc1Cl. The molecule has 0 aliphatic rings. The molecule has 0 saturated carbocycles. The first kappa shape index (κ1) is 15.2. The Labute approximate surface area is 128 Å². The van der Waals surface area contributed by atoms with Crippen LogP contribution in [0.3, 0.4) is 0 Å². The number of carbonyl (C=O) groups is 1. The Kier molecular flexibility index (Phi) is 4.33. The summed E-state index contributed by atoms with van der Waals surface area (Å²) in [5.41, 5.74) is 0.363. The molecule has 11 heteroatoms. The normalized spacial score (nSPS) is 11.6. The average Bonchev–Trinajstić information content (AvgIpc) is 2.86. The predicted octanol–water partition coefficient (Wildman–Crippen LogP) is 1.23. The molecule has 0 bridgehead atoms. The summed E-state index contributed by atoms with van der Waals surface area (Å²) in [5.74, 6) is -0.730. The highest BCUT2D eigenvalue weighted by Gasteiger charge is 2.22. The van der Waals surface area contributed by atoms with Gasteiger partial charge in [-0.15, -0.1) is 11.3 Å². The van der Waals surface area contributed by atoms with Gasteiger partial charge >= 0.3 is 0 Å². The minimum Gasteiger partial charge on any atom is -0.274 e. The Morgan fingerprint density at radius 1 is 1.50 bits per heavy atom. The number of aromatic nitrogens is 3. The van der Waals surface area contributed by atoms with Gasteiger partial charge in [0.1, 0.15) is 10.3 Å². The number of nitrogens with zero attached hydrogens (tertiary/aromatic N) is 3. The molecule has 1 N–H and O–H groups in total. The van der Waals surface area contributed by atoms with E-state index in [1.165, 1.54) is 16.1 Å². The Balaban J connectivity index is 2.08. The molecule has 2 aromatic heterocycles. The molecule has 2 heterocycles. The maximum absolute atomic E-state index is 11.8. The van der Waals surface area contributed by atoms with Crippen molar-refractivity contribution in [1.82, 2.24) is 19.5 Å². The number of aryl methyl sites for hydroxylation is 1. The van der Waals surface area contributed by atoms with Gasteiger partial charge in [-0.2, -0.15) is 13.5 Å². The third-order valence-electron chi connectivity index (χ3n) is 2.15. The third-order valence-corrected chi connectivity index (χ3v) is 5.45. The lowest BCUT2D eigenvalue weighted by Crippen LogP contribution is -2.31. The Morgan fingerprint density at radius 2 is 2.20 bits per heavy atom. The van der Waals surface area contributed by atoms with Gasteiger partial charge in [-0.05, 0) is 6.07 Å². The van der Waals surface area contributed by atoms with Crippen LogP contribution in [0.2, 0.25) is 10.3 Å². The van der Waals surface area contributed by atoms with Crippen LogP contribution in [-0.2, 0) is 28.3 Å². The highest BCUT2D eigenvalue weighted by atomic mass is 35.5. The molecule has 0 unspecified atom stereocenters. The number of amides is 1. The summed E-state index contributed by atoms with van der Waals surface area (Å²) in [6.45, 7) is 0. The smallest absolute Gasteiger partial charge is 0.274 e. The molecular weight excluding hydrogens is 347 g/mol. The van der Waals surface area contributed by atoms with Crippen molar-refractivity contribution in [1.29, 1.82) is 0 Å². The highest BCUT2D eigenvalue weighted by Crippen LogP contribution is 2.18. The van der Waals surface area contributed by atoms with Crippen molar-refractivity contribution in [2.45, 2.75) is 10.8 Å². The fraction of sp³-hybridized carbons (Fsp3) is 0.222. The zero-order valence-corrected chi connectivity index (χ0v) is 13.1. The van der Waals surface area contributed by atoms with E-state index in [0.29, 0.717) is 10.8 Å². The van der Waals surface area contributed by atoms with Gasteiger partial charge in [-0.1, -0.05) is 23.2 Å². The molecule has 0 saturated heterocycles. The van der Waals surface area contributed by atoms with Crippen molar-refractivity contribution >= 4 is 50.5 Å². The molecule has 0 spiro atoms. The van der Waals surface area contributed by atoms with Crippen molar-refractivity contribution in [2.24, 2.45) is 7.05 Å². The van der Waals surface area contributed by atoms with Crippen molar-refractivity contribution < 1.29 is 13.2 Å². The Hall–Kier alpha value is -1.16. The third kappa shape index (κ3) is 3.48. The van der Waals surface area contributed by atoms with Gasteiger partial charge in [0.2, 0.25) is 10.2 Å². The fourth-order valence-corrected chi connectivity index (χ4v) is 3.68. The maximum Gasteiger partial charge on any atom is 0.291 e. The number of carbonyl (C=O) groups excluding carboxylic acids is 1. The summed E-state index contributed by atoms with van der Waals surface area (Å²) in [4.78, 5) is 15.3. The number of thiazole rings is 1. The summed E-state index contributed by atoms with van der Waals surface area (Å²) in [6, 6.07) is 1.48. The molecular formula is C9H8Cl2N4O3S2. The van der Waals surface area contributed by atoms with E-state index in [-0.39, 0.29) is 15.9 Å². The molecule has 108 valence electrons. The van der Waals surface area contributed by atoms with Crippen LogP contribution in [0.25, 0.3) is 0 Å². The van der Waals surface area contributed by atoms with E-state index < -0.39 is 15.9 Å². The van der Waals surface area contributed by atoms with Gasteiger partial charge in [0.15, 0.2) is 0 Å². The van der Waals surface area contributed by atoms with Crippen LogP contribution in [0.5, 0.6) is 0 Å². The van der Waals surface area contributed by atoms with Crippen LogP contribution in [0.1, 0.15) is 5.69 Å². The van der Waals surface area contributed by atoms with Crippen molar-refractivity contribution in [3.05, 3.63) is 27.4 Å². The second kappa shape index (κ2) is 5.68. The molecule has 2 aromatic rings. The van der Waals surface area contributed by atoms with Crippen LogP contribution >= 0.6 is 34.5 Å². The Bertz CT molecular complexity index is 734. The van der Waals surface area contributed by atoms with Gasteiger partial charge in [0.25, 0.3) is 10.0 Å². The standard InChI is InChI=1S/C9H8Cl2N4O3S2/c1-15-7(11)2-5(13-15)3-8(16)14-20(17,18)9-12-6(10)4-19-9/h2,4H,3H2,1H3,(H,14,16). The Morgan fingerprint density at radius 3 is 2.70 bits per heavy atom. The topological polar surface area (TPSA) is 94.0 Å². The number of hydrogen-bond acceptors (Lipinski definition) is 6. The van der Waals surface area contributed by atoms with Crippen LogP contribution < -0.4 is 4.72 Å². The van der Waals surface area contributed by atoms with E-state index in [1.807, 2.05) is 4.72 Å². The molecule has 0 atom stereocenters. The lowest BCUT2D eigenvalue weighted by atomic mass is 10.3. The van der Waals surface area contributed by atoms with Crippen LogP contribution in [0.4, 0.5) is 0 Å². The molecule has 0 aromatic carbocycles. The number of hydrogen-bond donors (Lipinski definition) is 1. The molecule has 7 nitrogen and oxygen atoms in total. The lowest BCUT2D eigenvalue weighted by Gasteiger charge is -2.02. The summed E-state index contributed by atoms with van der Waals surface area (Å²) in [7, 11) is -2.40. The molecule has 0 aliphatic heterocycles. The highest BCUT2D eigenvalue weighted by molar-refractivity contribution is 7.92. The average molecular weight is 355 g/mol. The van der Waals surface area contributed by atoms with Gasteiger partial charge < -0.3 is 0 Å². The van der Waals surface area contributed by atoms with E-state index >= 15 is 0 Å². The number of halogens is 2. The maximum atomic E-state index is 11.8. The van der Waals surface area contributed by atoms with Crippen LogP contribution in [0, 0.1) is 0 Å². The zero-order chi connectivity index (χ0) is 14.9. The van der Waals surface area contributed by atoms with Gasteiger partial charge in [0.05, 0.1) is 12.1 Å². The molecule has 0 radical (unpaired) electrons. The molecule has 1 amide bonds. The van der Waals surface area contributed by atoms with Crippen molar-refractivity contribution in [2.75, 3.05) is 0 Å². The molecule has 0 fully saturated rings. The van der Waals surface area contributed by atoms with E-state index in [4.69, 9.17) is 23.2 Å². The van der Waals surface area contributed by atoms with Crippen LogP contribution in [-0.4, -0.2) is 29.1 Å². The number of sulfonamides is 1. The van der Waals surface area contributed by atoms with E-state index in [1.54, 1.807) is 7.05 Å². The minimum absolute atomic E-state index is 0.0549. The van der Waals surface area contributed by atoms with Crippen molar-refractivity contribution in [3.63, 3.8) is 0 Å². The number of rotatable bonds is 4. The van der Waals surface area contributed by atoms with Crippen molar-refractivity contribution in [3.8, 4) is 0 Å². The van der Waals surface area contributed by atoms with E-state index in [0.717, 1.165) is 11.3 Å². The second-order valence-electron chi connectivity index (χ2n) is 3.72. The number of nitrogens with one attached hydrogen (secondary N) is 1. The summed E-state index contributed by atoms with van der Waals surface area (Å²) in [5, 5.41) is 5.72. The monoisotopic (exact) mass is 354 g/mol. The van der Waals surface area contributed by atoms with E-state index in [2.05, 4.69) is 10.1 Å². The lowest BCUT2D eigenvalue weighted by molar-refractivity contribution is -0.118. The largest absolute Gasteiger partial charge is 0.291 e. The van der Waals surface area contributed by atoms with E-state index in [9.17, 15) is 13.2 Å². The quantitative estimate of drug-likeness (QED) is 0.890. The summed E-state index contributed by atoms with van der Waals surface area (Å²) in [6.07, 6.45) is -0.209. The van der Waals surface area contributed by atoms with Gasteiger partial charge in [-0.25, -0.2) is 9.71 Å². The first-order valence-electron chi connectivity index (χ1n) is 5.13.